The van der Waals surface area contributed by atoms with Gasteiger partial charge in [-0.15, -0.1) is 6.58 Å². The quantitative estimate of drug-likeness (QED) is 0.499. The highest BCUT2D eigenvalue weighted by Crippen LogP contribution is 2.13. The molecule has 0 spiro atoms. The molecule has 0 bridgehead atoms. The van der Waals surface area contributed by atoms with E-state index in [0.717, 1.165) is 11.1 Å². The number of aryl methyl sites for hydroxylation is 2. The van der Waals surface area contributed by atoms with Gasteiger partial charge in [-0.25, -0.2) is 0 Å². The van der Waals surface area contributed by atoms with Gasteiger partial charge in [0.2, 0.25) is 0 Å². The van der Waals surface area contributed by atoms with E-state index in [4.69, 9.17) is 5.26 Å². The summed E-state index contributed by atoms with van der Waals surface area (Å²) in [5, 5.41) is 11.6. The van der Waals surface area contributed by atoms with Gasteiger partial charge in [0.1, 0.15) is 11.6 Å². The number of nitriles is 1. The van der Waals surface area contributed by atoms with Crippen molar-refractivity contribution in [1.82, 2.24) is 5.32 Å². The van der Waals surface area contributed by atoms with E-state index in [1.807, 2.05) is 38.1 Å². The van der Waals surface area contributed by atoms with E-state index in [0.29, 0.717) is 6.54 Å². The number of carbonyl (C=O) groups is 1. The molecular weight excluding hydrogens is 224 g/mol. The van der Waals surface area contributed by atoms with E-state index >= 15 is 0 Å². The van der Waals surface area contributed by atoms with Gasteiger partial charge in [-0.3, -0.25) is 4.79 Å². The first-order valence-electron chi connectivity index (χ1n) is 5.66. The summed E-state index contributed by atoms with van der Waals surface area (Å²) in [6.45, 7) is 7.87. The lowest BCUT2D eigenvalue weighted by Gasteiger charge is -2.03. The molecule has 0 fully saturated rings. The Bertz CT molecular complexity index is 536. The topological polar surface area (TPSA) is 52.9 Å². The first kappa shape index (κ1) is 13.7. The van der Waals surface area contributed by atoms with Crippen molar-refractivity contribution in [2.24, 2.45) is 0 Å². The minimum atomic E-state index is -0.379. The fraction of sp³-hybridized carbons (Fsp3) is 0.200. The maximum Gasteiger partial charge on any atom is 0.262 e. The Labute approximate surface area is 107 Å². The number of amides is 1. The van der Waals surface area contributed by atoms with E-state index < -0.39 is 0 Å². The molecule has 3 nitrogen and oxygen atoms in total. The molecule has 1 N–H and O–H groups in total. The Kier molecular flexibility index (Phi) is 4.89. The highest BCUT2D eigenvalue weighted by atomic mass is 16.1. The Morgan fingerprint density at radius 2 is 2.17 bits per heavy atom. The second kappa shape index (κ2) is 6.41. The first-order chi connectivity index (χ1) is 8.58. The summed E-state index contributed by atoms with van der Waals surface area (Å²) in [6.07, 6.45) is 3.16. The predicted molar refractivity (Wildman–Crippen MR) is 72.7 cm³/mol. The van der Waals surface area contributed by atoms with Gasteiger partial charge in [-0.2, -0.15) is 5.26 Å². The van der Waals surface area contributed by atoms with Crippen LogP contribution in [0.2, 0.25) is 0 Å². The van der Waals surface area contributed by atoms with Crippen LogP contribution in [0.5, 0.6) is 0 Å². The second-order valence-corrected chi connectivity index (χ2v) is 4.01. The third-order valence-corrected chi connectivity index (χ3v) is 2.61. The van der Waals surface area contributed by atoms with Crippen LogP contribution >= 0.6 is 0 Å². The number of carbonyl (C=O) groups excluding carboxylic acids is 1. The summed E-state index contributed by atoms with van der Waals surface area (Å²) in [6, 6.07) is 7.72. The lowest BCUT2D eigenvalue weighted by Crippen LogP contribution is -2.24. The van der Waals surface area contributed by atoms with Crippen molar-refractivity contribution < 1.29 is 4.79 Å². The summed E-state index contributed by atoms with van der Waals surface area (Å²) in [4.78, 5) is 11.6. The third kappa shape index (κ3) is 3.60. The molecule has 0 saturated heterocycles. The smallest absolute Gasteiger partial charge is 0.262 e. The number of nitrogens with one attached hydrogen (secondary N) is 1. The van der Waals surface area contributed by atoms with Gasteiger partial charge in [0.15, 0.2) is 0 Å². The molecule has 0 aliphatic heterocycles. The number of rotatable bonds is 4. The normalized spacial score (nSPS) is 10.6. The van der Waals surface area contributed by atoms with Crippen LogP contribution < -0.4 is 5.32 Å². The van der Waals surface area contributed by atoms with Gasteiger partial charge in [0, 0.05) is 6.54 Å². The van der Waals surface area contributed by atoms with Crippen LogP contribution in [0.3, 0.4) is 0 Å². The van der Waals surface area contributed by atoms with Gasteiger partial charge in [-0.1, -0.05) is 24.3 Å². The maximum absolute atomic E-state index is 11.6. The molecular formula is C15H16N2O. The molecule has 0 aliphatic carbocycles. The molecule has 3 heteroatoms. The maximum atomic E-state index is 11.6. The summed E-state index contributed by atoms with van der Waals surface area (Å²) in [7, 11) is 0. The number of benzene rings is 1. The van der Waals surface area contributed by atoms with Crippen molar-refractivity contribution >= 4 is 12.0 Å². The molecule has 0 heterocycles. The molecule has 1 aromatic carbocycles. The zero-order valence-electron chi connectivity index (χ0n) is 10.7. The largest absolute Gasteiger partial charge is 0.348 e. The average Bonchev–Trinajstić information content (AvgIpc) is 2.37. The summed E-state index contributed by atoms with van der Waals surface area (Å²) >= 11 is 0. The van der Waals surface area contributed by atoms with E-state index in [9.17, 15) is 4.79 Å². The van der Waals surface area contributed by atoms with Crippen molar-refractivity contribution in [2.45, 2.75) is 13.8 Å². The predicted octanol–water partition coefficient (Wildman–Crippen LogP) is 2.51. The standard InChI is InChI=1S/C15H16N2O/c1-4-7-17-15(18)14(10-16)9-13-6-5-11(2)12(3)8-13/h4-6,8-9H,1,7H2,2-3H3,(H,17,18)/b14-9+. The summed E-state index contributed by atoms with van der Waals surface area (Å²) < 4.78 is 0. The van der Waals surface area contributed by atoms with Crippen molar-refractivity contribution in [2.75, 3.05) is 6.54 Å². The molecule has 18 heavy (non-hydrogen) atoms. The van der Waals surface area contributed by atoms with Crippen LogP contribution in [0.1, 0.15) is 16.7 Å². The Balaban J connectivity index is 2.97. The Morgan fingerprint density at radius 3 is 2.72 bits per heavy atom. The second-order valence-electron chi connectivity index (χ2n) is 4.01. The van der Waals surface area contributed by atoms with Gasteiger partial charge in [0.05, 0.1) is 0 Å². The molecule has 1 rings (SSSR count). The van der Waals surface area contributed by atoms with Crippen LogP contribution in [-0.4, -0.2) is 12.5 Å². The minimum absolute atomic E-state index is 0.0973. The van der Waals surface area contributed by atoms with Crippen LogP contribution in [0.15, 0.2) is 36.4 Å². The molecule has 0 aliphatic rings. The lowest BCUT2D eigenvalue weighted by atomic mass is 10.0. The number of hydrogen-bond acceptors (Lipinski definition) is 2. The molecule has 92 valence electrons. The first-order valence-corrected chi connectivity index (χ1v) is 5.66. The molecule has 0 radical (unpaired) electrons. The SMILES string of the molecule is C=CCNC(=O)/C(C#N)=C/c1ccc(C)c(C)c1. The molecule has 0 atom stereocenters. The lowest BCUT2D eigenvalue weighted by molar-refractivity contribution is -0.116. The molecule has 1 amide bonds. The van der Waals surface area contributed by atoms with Crippen LogP contribution in [0.25, 0.3) is 6.08 Å². The molecule has 0 aromatic heterocycles. The Morgan fingerprint density at radius 1 is 1.44 bits per heavy atom. The van der Waals surface area contributed by atoms with Gasteiger partial charge < -0.3 is 5.32 Å². The van der Waals surface area contributed by atoms with E-state index in [2.05, 4.69) is 11.9 Å². The van der Waals surface area contributed by atoms with Crippen LogP contribution in [0, 0.1) is 25.2 Å². The minimum Gasteiger partial charge on any atom is -0.348 e. The number of hydrogen-bond donors (Lipinski definition) is 1. The van der Waals surface area contributed by atoms with E-state index in [1.54, 1.807) is 12.2 Å². The zero-order valence-corrected chi connectivity index (χ0v) is 10.7. The van der Waals surface area contributed by atoms with Crippen molar-refractivity contribution in [1.29, 1.82) is 5.26 Å². The van der Waals surface area contributed by atoms with Crippen molar-refractivity contribution in [3.05, 3.63) is 53.1 Å². The highest BCUT2D eigenvalue weighted by Gasteiger charge is 2.07. The fourth-order valence-corrected chi connectivity index (χ4v) is 1.43. The van der Waals surface area contributed by atoms with Gasteiger partial charge in [0.25, 0.3) is 5.91 Å². The van der Waals surface area contributed by atoms with Crippen molar-refractivity contribution in [3.8, 4) is 6.07 Å². The van der Waals surface area contributed by atoms with Crippen molar-refractivity contribution in [3.63, 3.8) is 0 Å². The molecule has 1 aromatic rings. The fourth-order valence-electron chi connectivity index (χ4n) is 1.43. The third-order valence-electron chi connectivity index (χ3n) is 2.61. The van der Waals surface area contributed by atoms with E-state index in [1.165, 1.54) is 5.56 Å². The van der Waals surface area contributed by atoms with Crippen LogP contribution in [-0.2, 0) is 4.79 Å². The summed E-state index contributed by atoms with van der Waals surface area (Å²) in [5.41, 5.74) is 3.26. The van der Waals surface area contributed by atoms with Gasteiger partial charge >= 0.3 is 0 Å². The monoisotopic (exact) mass is 240 g/mol. The molecule has 0 saturated carbocycles. The number of nitrogens with zero attached hydrogens (tertiary/aromatic N) is 1. The van der Waals surface area contributed by atoms with Crippen LogP contribution in [0.4, 0.5) is 0 Å². The van der Waals surface area contributed by atoms with E-state index in [-0.39, 0.29) is 11.5 Å². The highest BCUT2D eigenvalue weighted by molar-refractivity contribution is 6.01. The zero-order chi connectivity index (χ0) is 13.5. The average molecular weight is 240 g/mol. The Hall–Kier alpha value is -2.34. The van der Waals surface area contributed by atoms with Gasteiger partial charge in [-0.05, 0) is 36.6 Å². The molecule has 0 unspecified atom stereocenters. The summed E-state index contributed by atoms with van der Waals surface area (Å²) in [5.74, 6) is -0.379.